The Balaban J connectivity index is 2.14. The number of carboxylic acid groups (broad SMARTS) is 1. The highest BCUT2D eigenvalue weighted by molar-refractivity contribution is 7.17. The van der Waals surface area contributed by atoms with Gasteiger partial charge in [0, 0.05) is 4.88 Å². The molecule has 86 valence electrons. The van der Waals surface area contributed by atoms with Gasteiger partial charge in [-0.15, -0.1) is 11.3 Å². The zero-order chi connectivity index (χ0) is 12.0. The van der Waals surface area contributed by atoms with Gasteiger partial charge in [0.25, 0.3) is 0 Å². The van der Waals surface area contributed by atoms with Crippen molar-refractivity contribution in [3.63, 3.8) is 0 Å². The molecular formula is C13H10O3S. The zero-order valence-corrected chi connectivity index (χ0v) is 10.0. The van der Waals surface area contributed by atoms with Crippen LogP contribution in [0, 0.1) is 0 Å². The number of aromatic carboxylic acids is 1. The van der Waals surface area contributed by atoms with E-state index in [1.165, 1.54) is 16.9 Å². The first-order chi connectivity index (χ1) is 8.19. The van der Waals surface area contributed by atoms with E-state index in [-0.39, 0.29) is 0 Å². The van der Waals surface area contributed by atoms with Crippen LogP contribution in [0.2, 0.25) is 0 Å². The van der Waals surface area contributed by atoms with Gasteiger partial charge in [0.05, 0.1) is 7.11 Å². The van der Waals surface area contributed by atoms with E-state index in [4.69, 9.17) is 9.84 Å². The molecule has 0 aliphatic heterocycles. The minimum Gasteiger partial charge on any atom is -0.497 e. The maximum absolute atomic E-state index is 10.9. The second-order valence-corrected chi connectivity index (χ2v) is 5.02. The average molecular weight is 246 g/mol. The lowest BCUT2D eigenvalue weighted by atomic mass is 10.1. The number of hydrogen-bond acceptors (Lipinski definition) is 3. The maximum atomic E-state index is 10.9. The van der Waals surface area contributed by atoms with E-state index in [1.54, 1.807) is 13.2 Å². The fourth-order valence-electron chi connectivity index (χ4n) is 2.15. The van der Waals surface area contributed by atoms with Crippen LogP contribution in [0.5, 0.6) is 5.75 Å². The van der Waals surface area contributed by atoms with Crippen LogP contribution in [0.4, 0.5) is 0 Å². The third kappa shape index (κ3) is 1.52. The molecule has 2 aromatic rings. The number of fused-ring (bicyclic) bond motifs is 3. The van der Waals surface area contributed by atoms with Gasteiger partial charge in [-0.1, -0.05) is 6.07 Å². The molecule has 0 amide bonds. The van der Waals surface area contributed by atoms with Crippen molar-refractivity contribution >= 4 is 17.3 Å². The number of benzene rings is 1. The van der Waals surface area contributed by atoms with E-state index in [9.17, 15) is 4.79 Å². The highest BCUT2D eigenvalue weighted by Crippen LogP contribution is 2.43. The van der Waals surface area contributed by atoms with E-state index in [0.29, 0.717) is 4.88 Å². The van der Waals surface area contributed by atoms with E-state index in [1.807, 2.05) is 18.2 Å². The van der Waals surface area contributed by atoms with Gasteiger partial charge < -0.3 is 9.84 Å². The van der Waals surface area contributed by atoms with Crippen molar-refractivity contribution in [2.24, 2.45) is 0 Å². The van der Waals surface area contributed by atoms with Crippen molar-refractivity contribution in [2.75, 3.05) is 7.11 Å². The van der Waals surface area contributed by atoms with Crippen molar-refractivity contribution in [3.8, 4) is 16.2 Å². The quantitative estimate of drug-likeness (QED) is 0.756. The second kappa shape index (κ2) is 3.60. The van der Waals surface area contributed by atoms with Gasteiger partial charge in [-0.25, -0.2) is 4.79 Å². The summed E-state index contributed by atoms with van der Waals surface area (Å²) >= 11 is 1.34. The second-order valence-electron chi connectivity index (χ2n) is 3.97. The number of carboxylic acids is 1. The summed E-state index contributed by atoms with van der Waals surface area (Å²) in [6.45, 7) is 0. The SMILES string of the molecule is COc1ccc2c(c1)-c1sc(C(=O)O)cc1C2. The minimum absolute atomic E-state index is 0.406. The molecule has 1 N–H and O–H groups in total. The fraction of sp³-hybridized carbons (Fsp3) is 0.154. The molecule has 0 bridgehead atoms. The zero-order valence-electron chi connectivity index (χ0n) is 9.19. The topological polar surface area (TPSA) is 46.5 Å². The Hall–Kier alpha value is -1.81. The van der Waals surface area contributed by atoms with E-state index < -0.39 is 5.97 Å². The molecule has 0 spiro atoms. The van der Waals surface area contributed by atoms with Gasteiger partial charge in [0.15, 0.2) is 0 Å². The third-order valence-corrected chi connectivity index (χ3v) is 4.16. The number of hydrogen-bond donors (Lipinski definition) is 1. The van der Waals surface area contributed by atoms with Crippen molar-refractivity contribution in [2.45, 2.75) is 6.42 Å². The Morgan fingerprint density at radius 1 is 1.35 bits per heavy atom. The number of ether oxygens (including phenoxy) is 1. The van der Waals surface area contributed by atoms with Crippen LogP contribution in [0.3, 0.4) is 0 Å². The van der Waals surface area contributed by atoms with Gasteiger partial charge in [0.1, 0.15) is 10.6 Å². The predicted molar refractivity (Wildman–Crippen MR) is 66.1 cm³/mol. The van der Waals surface area contributed by atoms with Crippen LogP contribution in [-0.4, -0.2) is 18.2 Å². The number of carbonyl (C=O) groups is 1. The summed E-state index contributed by atoms with van der Waals surface area (Å²) in [5.74, 6) is -0.0456. The highest BCUT2D eigenvalue weighted by Gasteiger charge is 2.23. The number of rotatable bonds is 2. The molecule has 1 heterocycles. The molecule has 4 heteroatoms. The lowest BCUT2D eigenvalue weighted by Gasteiger charge is -2.03. The van der Waals surface area contributed by atoms with Crippen LogP contribution < -0.4 is 4.74 Å². The third-order valence-electron chi connectivity index (χ3n) is 2.96. The molecule has 3 rings (SSSR count). The van der Waals surface area contributed by atoms with Crippen LogP contribution in [0.1, 0.15) is 20.8 Å². The van der Waals surface area contributed by atoms with Crippen LogP contribution >= 0.6 is 11.3 Å². The molecule has 0 unspecified atom stereocenters. The Morgan fingerprint density at radius 3 is 2.88 bits per heavy atom. The Bertz CT molecular complexity index is 613. The number of methoxy groups -OCH3 is 1. The largest absolute Gasteiger partial charge is 0.497 e. The smallest absolute Gasteiger partial charge is 0.345 e. The van der Waals surface area contributed by atoms with Crippen LogP contribution in [0.25, 0.3) is 10.4 Å². The van der Waals surface area contributed by atoms with Crippen LogP contribution in [-0.2, 0) is 6.42 Å². The summed E-state index contributed by atoms with van der Waals surface area (Å²) in [4.78, 5) is 12.4. The first-order valence-electron chi connectivity index (χ1n) is 5.22. The van der Waals surface area contributed by atoms with Gasteiger partial charge in [-0.2, -0.15) is 0 Å². The summed E-state index contributed by atoms with van der Waals surface area (Å²) in [5.41, 5.74) is 3.46. The lowest BCUT2D eigenvalue weighted by molar-refractivity contribution is 0.0702. The van der Waals surface area contributed by atoms with E-state index in [2.05, 4.69) is 0 Å². The van der Waals surface area contributed by atoms with Crippen molar-refractivity contribution in [1.29, 1.82) is 0 Å². The van der Waals surface area contributed by atoms with Gasteiger partial charge in [0.2, 0.25) is 0 Å². The molecule has 3 nitrogen and oxygen atoms in total. The first-order valence-corrected chi connectivity index (χ1v) is 6.04. The summed E-state index contributed by atoms with van der Waals surface area (Å²) < 4.78 is 5.20. The standard InChI is InChI=1S/C13H10O3S/c1-16-9-3-2-7-4-8-5-11(13(14)15)17-12(8)10(7)6-9/h2-3,5-6H,4H2,1H3,(H,14,15). The monoisotopic (exact) mass is 246 g/mol. The lowest BCUT2D eigenvalue weighted by Crippen LogP contribution is -1.91. The van der Waals surface area contributed by atoms with Gasteiger partial charge in [-0.3, -0.25) is 0 Å². The molecule has 0 atom stereocenters. The van der Waals surface area contributed by atoms with Crippen molar-refractivity contribution < 1.29 is 14.6 Å². The normalized spacial score (nSPS) is 12.1. The predicted octanol–water partition coefficient (Wildman–Crippen LogP) is 3.03. The molecule has 0 radical (unpaired) electrons. The fourth-order valence-corrected chi connectivity index (χ4v) is 3.22. The van der Waals surface area contributed by atoms with Crippen molar-refractivity contribution in [1.82, 2.24) is 0 Å². The Morgan fingerprint density at radius 2 is 2.18 bits per heavy atom. The molecule has 0 fully saturated rings. The number of thiophene rings is 1. The van der Waals surface area contributed by atoms with E-state index >= 15 is 0 Å². The van der Waals surface area contributed by atoms with Crippen LogP contribution in [0.15, 0.2) is 24.3 Å². The van der Waals surface area contributed by atoms with Crippen molar-refractivity contribution in [3.05, 3.63) is 40.3 Å². The molecule has 1 aromatic carbocycles. The molecule has 1 aliphatic rings. The Kier molecular flexibility index (Phi) is 2.19. The average Bonchev–Trinajstić information content (AvgIpc) is 2.85. The Labute approximate surface area is 102 Å². The molecular weight excluding hydrogens is 236 g/mol. The molecule has 17 heavy (non-hydrogen) atoms. The maximum Gasteiger partial charge on any atom is 0.345 e. The summed E-state index contributed by atoms with van der Waals surface area (Å²) in [6, 6.07) is 7.73. The summed E-state index contributed by atoms with van der Waals surface area (Å²) in [5, 5.41) is 8.98. The molecule has 1 aliphatic carbocycles. The van der Waals surface area contributed by atoms with Gasteiger partial charge >= 0.3 is 5.97 Å². The molecule has 0 saturated heterocycles. The van der Waals surface area contributed by atoms with Gasteiger partial charge in [-0.05, 0) is 41.3 Å². The highest BCUT2D eigenvalue weighted by atomic mass is 32.1. The summed E-state index contributed by atoms with van der Waals surface area (Å²) in [6.07, 6.45) is 0.818. The van der Waals surface area contributed by atoms with E-state index in [0.717, 1.165) is 28.2 Å². The minimum atomic E-state index is -0.853. The summed E-state index contributed by atoms with van der Waals surface area (Å²) in [7, 11) is 1.63. The first kappa shape index (κ1) is 10.4. The molecule has 1 aromatic heterocycles. The molecule has 0 saturated carbocycles.